The van der Waals surface area contributed by atoms with Crippen LogP contribution in [0.1, 0.15) is 23.3 Å². The van der Waals surface area contributed by atoms with E-state index < -0.39 is 0 Å². The lowest BCUT2D eigenvalue weighted by Gasteiger charge is -2.22. The van der Waals surface area contributed by atoms with Crippen molar-refractivity contribution in [2.45, 2.75) is 28.8 Å². The fourth-order valence-corrected chi connectivity index (χ4v) is 2.95. The quantitative estimate of drug-likeness (QED) is 0.932. The molecule has 1 amide bonds. The van der Waals surface area contributed by atoms with Crippen LogP contribution in [0.3, 0.4) is 0 Å². The third-order valence-electron chi connectivity index (χ3n) is 3.47. The standard InChI is InChI=1S/C16H16FN3O2S/c17-11-1-3-13(4-2-11)23-15-6-5-14(19-20-15)16(21)18-12-7-9-22-10-8-12/h1-6,12H,7-10H2,(H,18,21). The molecule has 0 radical (unpaired) electrons. The Bertz CT molecular complexity index is 658. The van der Waals surface area contributed by atoms with Crippen molar-refractivity contribution in [1.82, 2.24) is 15.5 Å². The van der Waals surface area contributed by atoms with Gasteiger partial charge in [0.25, 0.3) is 5.91 Å². The molecule has 2 heterocycles. The highest BCUT2D eigenvalue weighted by atomic mass is 32.2. The molecule has 1 aliphatic rings. The summed E-state index contributed by atoms with van der Waals surface area (Å²) in [5.74, 6) is -0.497. The first kappa shape index (κ1) is 15.9. The average Bonchev–Trinajstić information content (AvgIpc) is 2.58. The molecule has 1 N–H and O–H groups in total. The van der Waals surface area contributed by atoms with Crippen LogP contribution >= 0.6 is 11.8 Å². The first-order chi connectivity index (χ1) is 11.2. The molecule has 23 heavy (non-hydrogen) atoms. The summed E-state index contributed by atoms with van der Waals surface area (Å²) >= 11 is 1.36. The van der Waals surface area contributed by atoms with E-state index in [1.807, 2.05) is 0 Å². The molecule has 7 heteroatoms. The zero-order valence-electron chi connectivity index (χ0n) is 12.4. The average molecular weight is 333 g/mol. The van der Waals surface area contributed by atoms with Gasteiger partial charge in [0.05, 0.1) is 0 Å². The van der Waals surface area contributed by atoms with E-state index in [4.69, 9.17) is 4.74 Å². The first-order valence-electron chi connectivity index (χ1n) is 7.36. The molecule has 0 unspecified atom stereocenters. The van der Waals surface area contributed by atoms with Crippen LogP contribution in [0.2, 0.25) is 0 Å². The van der Waals surface area contributed by atoms with Crippen LogP contribution in [0, 0.1) is 5.82 Å². The molecule has 1 fully saturated rings. The van der Waals surface area contributed by atoms with E-state index in [2.05, 4.69) is 15.5 Å². The Kier molecular flexibility index (Phi) is 5.19. The Morgan fingerprint density at radius 2 is 1.87 bits per heavy atom. The highest BCUT2D eigenvalue weighted by molar-refractivity contribution is 7.99. The third-order valence-corrected chi connectivity index (χ3v) is 4.40. The molecule has 0 aliphatic carbocycles. The van der Waals surface area contributed by atoms with Crippen LogP contribution in [0.4, 0.5) is 4.39 Å². The van der Waals surface area contributed by atoms with Gasteiger partial charge >= 0.3 is 0 Å². The molecular weight excluding hydrogens is 317 g/mol. The highest BCUT2D eigenvalue weighted by Gasteiger charge is 2.18. The van der Waals surface area contributed by atoms with Crippen molar-refractivity contribution in [3.8, 4) is 0 Å². The predicted octanol–water partition coefficient (Wildman–Crippen LogP) is 2.68. The molecule has 1 aromatic carbocycles. The minimum absolute atomic E-state index is 0.131. The van der Waals surface area contributed by atoms with Gasteiger partial charge in [0, 0.05) is 24.2 Å². The number of benzene rings is 1. The van der Waals surface area contributed by atoms with Crippen LogP contribution < -0.4 is 5.32 Å². The molecule has 1 aliphatic heterocycles. The molecule has 120 valence electrons. The smallest absolute Gasteiger partial charge is 0.272 e. The number of halogens is 1. The van der Waals surface area contributed by atoms with Gasteiger partial charge in [0.1, 0.15) is 10.8 Å². The van der Waals surface area contributed by atoms with Crippen molar-refractivity contribution < 1.29 is 13.9 Å². The van der Waals surface area contributed by atoms with E-state index in [1.165, 1.54) is 23.9 Å². The number of hydrogen-bond acceptors (Lipinski definition) is 5. The molecule has 0 saturated carbocycles. The van der Waals surface area contributed by atoms with Crippen LogP contribution in [-0.2, 0) is 4.74 Å². The van der Waals surface area contributed by atoms with Gasteiger partial charge in [-0.1, -0.05) is 11.8 Å². The number of carbonyl (C=O) groups excluding carboxylic acids is 1. The normalized spacial score (nSPS) is 15.3. The zero-order chi connectivity index (χ0) is 16.1. The molecule has 5 nitrogen and oxygen atoms in total. The summed E-state index contributed by atoms with van der Waals surface area (Å²) in [4.78, 5) is 13.0. The third kappa shape index (κ3) is 4.49. The summed E-state index contributed by atoms with van der Waals surface area (Å²) in [6.45, 7) is 1.34. The second-order valence-corrected chi connectivity index (χ2v) is 6.27. The number of rotatable bonds is 4. The van der Waals surface area contributed by atoms with Gasteiger partial charge in [-0.2, -0.15) is 0 Å². The van der Waals surface area contributed by atoms with E-state index in [-0.39, 0.29) is 17.8 Å². The van der Waals surface area contributed by atoms with E-state index in [0.717, 1.165) is 17.7 Å². The highest BCUT2D eigenvalue weighted by Crippen LogP contribution is 2.25. The maximum absolute atomic E-state index is 12.9. The van der Waals surface area contributed by atoms with Gasteiger partial charge in [0.2, 0.25) is 0 Å². The Morgan fingerprint density at radius 3 is 2.52 bits per heavy atom. The Hall–Kier alpha value is -1.99. The first-order valence-corrected chi connectivity index (χ1v) is 8.18. The zero-order valence-corrected chi connectivity index (χ0v) is 13.2. The number of hydrogen-bond donors (Lipinski definition) is 1. The lowest BCUT2D eigenvalue weighted by molar-refractivity contribution is 0.0693. The number of aromatic nitrogens is 2. The molecule has 1 aromatic heterocycles. The van der Waals surface area contributed by atoms with E-state index in [0.29, 0.717) is 23.9 Å². The fraction of sp³-hybridized carbons (Fsp3) is 0.312. The van der Waals surface area contributed by atoms with Crippen LogP contribution in [-0.4, -0.2) is 35.4 Å². The molecule has 0 bridgehead atoms. The Balaban J connectivity index is 1.59. The molecular formula is C16H16FN3O2S. The Labute approximate surface area is 137 Å². The van der Waals surface area contributed by atoms with Gasteiger partial charge in [-0.05, 0) is 49.2 Å². The minimum atomic E-state index is -0.277. The summed E-state index contributed by atoms with van der Waals surface area (Å²) in [5, 5.41) is 11.6. The lowest BCUT2D eigenvalue weighted by atomic mass is 10.1. The van der Waals surface area contributed by atoms with E-state index in [1.54, 1.807) is 24.3 Å². The van der Waals surface area contributed by atoms with Gasteiger partial charge in [-0.3, -0.25) is 4.79 Å². The van der Waals surface area contributed by atoms with E-state index >= 15 is 0 Å². The SMILES string of the molecule is O=C(NC1CCOCC1)c1ccc(Sc2ccc(F)cc2)nn1. The van der Waals surface area contributed by atoms with Gasteiger partial charge < -0.3 is 10.1 Å². The molecule has 2 aromatic rings. The molecule has 0 atom stereocenters. The second kappa shape index (κ2) is 7.52. The van der Waals surface area contributed by atoms with Crippen LogP contribution in [0.15, 0.2) is 46.3 Å². The topological polar surface area (TPSA) is 64.1 Å². The minimum Gasteiger partial charge on any atom is -0.381 e. The number of ether oxygens (including phenoxy) is 1. The Morgan fingerprint density at radius 1 is 1.13 bits per heavy atom. The van der Waals surface area contributed by atoms with Crippen molar-refractivity contribution in [2.75, 3.05) is 13.2 Å². The van der Waals surface area contributed by atoms with Crippen molar-refractivity contribution in [2.24, 2.45) is 0 Å². The number of nitrogens with one attached hydrogen (secondary N) is 1. The van der Waals surface area contributed by atoms with Crippen LogP contribution in [0.25, 0.3) is 0 Å². The monoisotopic (exact) mass is 333 g/mol. The van der Waals surface area contributed by atoms with Crippen molar-refractivity contribution in [1.29, 1.82) is 0 Å². The largest absolute Gasteiger partial charge is 0.381 e. The lowest BCUT2D eigenvalue weighted by Crippen LogP contribution is -2.39. The summed E-state index contributed by atoms with van der Waals surface area (Å²) in [5.41, 5.74) is 0.292. The van der Waals surface area contributed by atoms with Gasteiger partial charge in [-0.25, -0.2) is 4.39 Å². The molecule has 3 rings (SSSR count). The van der Waals surface area contributed by atoms with Crippen molar-refractivity contribution >= 4 is 17.7 Å². The summed E-state index contributed by atoms with van der Waals surface area (Å²) in [6, 6.07) is 9.65. The second-order valence-electron chi connectivity index (χ2n) is 5.17. The fourth-order valence-electron chi connectivity index (χ4n) is 2.22. The van der Waals surface area contributed by atoms with Gasteiger partial charge in [-0.15, -0.1) is 10.2 Å². The summed E-state index contributed by atoms with van der Waals surface area (Å²) < 4.78 is 18.1. The van der Waals surface area contributed by atoms with Crippen LogP contribution in [0.5, 0.6) is 0 Å². The van der Waals surface area contributed by atoms with Gasteiger partial charge in [0.15, 0.2) is 5.69 Å². The maximum Gasteiger partial charge on any atom is 0.272 e. The van der Waals surface area contributed by atoms with Crippen molar-refractivity contribution in [3.05, 3.63) is 47.9 Å². The summed E-state index contributed by atoms with van der Waals surface area (Å²) in [7, 11) is 0. The van der Waals surface area contributed by atoms with Crippen molar-refractivity contribution in [3.63, 3.8) is 0 Å². The van der Waals surface area contributed by atoms with E-state index in [9.17, 15) is 9.18 Å². The predicted molar refractivity (Wildman–Crippen MR) is 83.9 cm³/mol. The maximum atomic E-state index is 12.9. The number of amides is 1. The number of carbonyl (C=O) groups is 1. The summed E-state index contributed by atoms with van der Waals surface area (Å²) in [6.07, 6.45) is 1.63. The molecule has 0 spiro atoms. The number of nitrogens with zero attached hydrogens (tertiary/aromatic N) is 2. The molecule has 1 saturated heterocycles.